The third-order valence-corrected chi connectivity index (χ3v) is 3.99. The van der Waals surface area contributed by atoms with Crippen LogP contribution in [0.4, 0.5) is 0 Å². The maximum Gasteiger partial charge on any atom is 0.246 e. The minimum absolute atomic E-state index is 0.0501. The van der Waals surface area contributed by atoms with E-state index in [1.165, 1.54) is 10.4 Å². The molecule has 0 aliphatic carbocycles. The van der Waals surface area contributed by atoms with Crippen LogP contribution >= 0.6 is 11.3 Å². The second-order valence-electron chi connectivity index (χ2n) is 4.65. The molecule has 94 valence electrons. The average Bonchev–Trinajstić information content (AvgIpc) is 2.67. The van der Waals surface area contributed by atoms with Crippen molar-refractivity contribution in [3.05, 3.63) is 21.9 Å². The third-order valence-electron chi connectivity index (χ3n) is 2.96. The molecule has 1 aliphatic heterocycles. The van der Waals surface area contributed by atoms with Crippen LogP contribution in [0.1, 0.15) is 17.4 Å². The van der Waals surface area contributed by atoms with Gasteiger partial charge in [-0.25, -0.2) is 0 Å². The molecule has 1 amide bonds. The molecule has 1 fully saturated rings. The van der Waals surface area contributed by atoms with Crippen LogP contribution in [0.25, 0.3) is 0 Å². The number of hydrogen-bond donors (Lipinski definition) is 2. The Labute approximate surface area is 105 Å². The topological polar surface area (TPSA) is 50.4 Å². The molecular formula is C12H18N2O2S. The molecule has 2 N–H and O–H groups in total. The summed E-state index contributed by atoms with van der Waals surface area (Å²) in [5.74, 6) is -0.0501. The molecular weight excluding hydrogens is 236 g/mol. The average molecular weight is 254 g/mol. The SMILES string of the molecule is Cc1ccsc1CNC(=O)COC1(C)CNC1. The highest BCUT2D eigenvalue weighted by Gasteiger charge is 2.32. The molecule has 1 aromatic heterocycles. The number of carbonyl (C=O) groups is 1. The first-order chi connectivity index (χ1) is 8.09. The first-order valence-electron chi connectivity index (χ1n) is 5.73. The lowest BCUT2D eigenvalue weighted by molar-refractivity contribution is -0.135. The van der Waals surface area contributed by atoms with Gasteiger partial charge in [-0.15, -0.1) is 11.3 Å². The van der Waals surface area contributed by atoms with Gasteiger partial charge in [0.1, 0.15) is 6.61 Å². The number of thiophene rings is 1. The van der Waals surface area contributed by atoms with Crippen LogP contribution in [0.15, 0.2) is 11.4 Å². The van der Waals surface area contributed by atoms with Gasteiger partial charge in [0.05, 0.1) is 12.1 Å². The van der Waals surface area contributed by atoms with Crippen molar-refractivity contribution in [1.29, 1.82) is 0 Å². The van der Waals surface area contributed by atoms with Gasteiger partial charge in [-0.3, -0.25) is 4.79 Å². The molecule has 0 unspecified atom stereocenters. The number of ether oxygens (including phenoxy) is 1. The highest BCUT2D eigenvalue weighted by atomic mass is 32.1. The molecule has 1 aromatic rings. The number of carbonyl (C=O) groups excluding carboxylic acids is 1. The quantitative estimate of drug-likeness (QED) is 0.826. The summed E-state index contributed by atoms with van der Waals surface area (Å²) in [6, 6.07) is 2.06. The Morgan fingerprint density at radius 2 is 2.41 bits per heavy atom. The first kappa shape index (κ1) is 12.5. The van der Waals surface area contributed by atoms with Crippen LogP contribution in [0.5, 0.6) is 0 Å². The summed E-state index contributed by atoms with van der Waals surface area (Å²) >= 11 is 1.67. The Kier molecular flexibility index (Phi) is 3.81. The fourth-order valence-electron chi connectivity index (χ4n) is 1.63. The van der Waals surface area contributed by atoms with E-state index in [9.17, 15) is 4.79 Å². The summed E-state index contributed by atoms with van der Waals surface area (Å²) in [5, 5.41) is 8.04. The molecule has 0 saturated carbocycles. The number of nitrogens with one attached hydrogen (secondary N) is 2. The lowest BCUT2D eigenvalue weighted by atomic mass is 10.0. The monoisotopic (exact) mass is 254 g/mol. The van der Waals surface area contributed by atoms with Crippen molar-refractivity contribution >= 4 is 17.2 Å². The molecule has 5 heteroatoms. The first-order valence-corrected chi connectivity index (χ1v) is 6.61. The van der Waals surface area contributed by atoms with Gasteiger partial charge in [0.15, 0.2) is 0 Å². The van der Waals surface area contributed by atoms with Crippen LogP contribution in [-0.2, 0) is 16.1 Å². The van der Waals surface area contributed by atoms with Crippen LogP contribution < -0.4 is 10.6 Å². The molecule has 2 rings (SSSR count). The van der Waals surface area contributed by atoms with Crippen LogP contribution in [-0.4, -0.2) is 31.2 Å². The maximum absolute atomic E-state index is 11.6. The minimum atomic E-state index is -0.157. The fourth-order valence-corrected chi connectivity index (χ4v) is 2.48. The van der Waals surface area contributed by atoms with E-state index in [4.69, 9.17) is 4.74 Å². The Morgan fingerprint density at radius 1 is 1.65 bits per heavy atom. The fraction of sp³-hybridized carbons (Fsp3) is 0.583. The van der Waals surface area contributed by atoms with E-state index in [-0.39, 0.29) is 18.1 Å². The number of hydrogen-bond acceptors (Lipinski definition) is 4. The third kappa shape index (κ3) is 3.28. The normalized spacial score (nSPS) is 17.5. The van der Waals surface area contributed by atoms with Crippen molar-refractivity contribution in [2.24, 2.45) is 0 Å². The maximum atomic E-state index is 11.6. The lowest BCUT2D eigenvalue weighted by Crippen LogP contribution is -2.59. The van der Waals surface area contributed by atoms with Crippen molar-refractivity contribution in [2.45, 2.75) is 26.0 Å². The van der Waals surface area contributed by atoms with Gasteiger partial charge in [0.2, 0.25) is 5.91 Å². The molecule has 4 nitrogen and oxygen atoms in total. The van der Waals surface area contributed by atoms with Crippen molar-refractivity contribution in [3.8, 4) is 0 Å². The summed E-state index contributed by atoms with van der Waals surface area (Å²) in [4.78, 5) is 12.8. The summed E-state index contributed by atoms with van der Waals surface area (Å²) in [6.45, 7) is 6.45. The molecule has 0 aromatic carbocycles. The number of aryl methyl sites for hydroxylation is 1. The van der Waals surface area contributed by atoms with Crippen molar-refractivity contribution in [3.63, 3.8) is 0 Å². The van der Waals surface area contributed by atoms with E-state index in [0.29, 0.717) is 6.54 Å². The standard InChI is InChI=1S/C12H18N2O2S/c1-9-3-4-17-10(9)5-14-11(15)6-16-12(2)7-13-8-12/h3-4,13H,5-8H2,1-2H3,(H,14,15). The Balaban J connectivity index is 1.69. The molecule has 1 saturated heterocycles. The molecule has 0 atom stereocenters. The van der Waals surface area contributed by atoms with Gasteiger partial charge in [0, 0.05) is 18.0 Å². The highest BCUT2D eigenvalue weighted by Crippen LogP contribution is 2.16. The Bertz CT molecular complexity index is 399. The van der Waals surface area contributed by atoms with Gasteiger partial charge in [-0.05, 0) is 30.9 Å². The summed E-state index contributed by atoms with van der Waals surface area (Å²) in [7, 11) is 0. The second-order valence-corrected chi connectivity index (χ2v) is 5.65. The minimum Gasteiger partial charge on any atom is -0.363 e. The summed E-state index contributed by atoms with van der Waals surface area (Å²) in [5.41, 5.74) is 1.07. The van der Waals surface area contributed by atoms with E-state index >= 15 is 0 Å². The van der Waals surface area contributed by atoms with Gasteiger partial charge in [-0.1, -0.05) is 0 Å². The zero-order valence-electron chi connectivity index (χ0n) is 10.2. The van der Waals surface area contributed by atoms with Gasteiger partial charge in [0.25, 0.3) is 0 Å². The molecule has 0 spiro atoms. The van der Waals surface area contributed by atoms with E-state index in [1.54, 1.807) is 11.3 Å². The Morgan fingerprint density at radius 3 is 2.94 bits per heavy atom. The van der Waals surface area contributed by atoms with E-state index < -0.39 is 0 Å². The largest absolute Gasteiger partial charge is 0.363 e. The number of amides is 1. The van der Waals surface area contributed by atoms with Crippen molar-refractivity contribution < 1.29 is 9.53 Å². The van der Waals surface area contributed by atoms with Crippen molar-refractivity contribution in [1.82, 2.24) is 10.6 Å². The Hall–Kier alpha value is -0.910. The van der Waals surface area contributed by atoms with Crippen molar-refractivity contribution in [2.75, 3.05) is 19.7 Å². The van der Waals surface area contributed by atoms with Gasteiger partial charge >= 0.3 is 0 Å². The predicted molar refractivity (Wildman–Crippen MR) is 68.1 cm³/mol. The predicted octanol–water partition coefficient (Wildman–Crippen LogP) is 1.05. The van der Waals surface area contributed by atoms with Gasteiger partial charge in [-0.2, -0.15) is 0 Å². The smallest absolute Gasteiger partial charge is 0.246 e. The van der Waals surface area contributed by atoms with Gasteiger partial charge < -0.3 is 15.4 Å². The summed E-state index contributed by atoms with van der Waals surface area (Å²) < 4.78 is 5.56. The van der Waals surface area contributed by atoms with Crippen LogP contribution in [0.2, 0.25) is 0 Å². The molecule has 0 bridgehead atoms. The summed E-state index contributed by atoms with van der Waals surface area (Å²) in [6.07, 6.45) is 0. The zero-order chi connectivity index (χ0) is 12.3. The lowest BCUT2D eigenvalue weighted by Gasteiger charge is -2.38. The molecule has 1 aliphatic rings. The van der Waals surface area contributed by atoms with E-state index in [2.05, 4.69) is 23.6 Å². The molecule has 2 heterocycles. The molecule has 0 radical (unpaired) electrons. The zero-order valence-corrected chi connectivity index (χ0v) is 11.0. The number of rotatable bonds is 5. The van der Waals surface area contributed by atoms with Crippen LogP contribution in [0, 0.1) is 6.92 Å². The van der Waals surface area contributed by atoms with E-state index in [0.717, 1.165) is 13.1 Å². The molecule has 17 heavy (non-hydrogen) atoms. The second kappa shape index (κ2) is 5.16. The van der Waals surface area contributed by atoms with Crippen LogP contribution in [0.3, 0.4) is 0 Å². The highest BCUT2D eigenvalue weighted by molar-refractivity contribution is 7.10. The van der Waals surface area contributed by atoms with E-state index in [1.807, 2.05) is 12.3 Å².